The first-order valence-electron chi connectivity index (χ1n) is 10.4. The fourth-order valence-electron chi connectivity index (χ4n) is 3.80. The van der Waals surface area contributed by atoms with Crippen LogP contribution < -0.4 is 10.2 Å². The number of aromatic nitrogens is 1. The summed E-state index contributed by atoms with van der Waals surface area (Å²) in [6.45, 7) is 8.36. The SMILES string of the molecule is CCNC(=NCc1ccnc(N2CCCC2)c1)N1CCN(C(C)C(F)(F)F)CC1.I. The van der Waals surface area contributed by atoms with Gasteiger partial charge in [-0.15, -0.1) is 24.0 Å². The smallest absolute Gasteiger partial charge is 0.357 e. The monoisotopic (exact) mass is 540 g/mol. The van der Waals surface area contributed by atoms with Crippen molar-refractivity contribution in [1.29, 1.82) is 0 Å². The Morgan fingerprint density at radius 2 is 1.83 bits per heavy atom. The average molecular weight is 540 g/mol. The molecule has 1 aromatic rings. The third kappa shape index (κ3) is 6.60. The molecule has 6 nitrogen and oxygen atoms in total. The van der Waals surface area contributed by atoms with Crippen LogP contribution in [0.3, 0.4) is 0 Å². The zero-order valence-electron chi connectivity index (χ0n) is 17.7. The van der Waals surface area contributed by atoms with E-state index in [1.165, 1.54) is 24.7 Å². The predicted molar refractivity (Wildman–Crippen MR) is 125 cm³/mol. The highest BCUT2D eigenvalue weighted by atomic mass is 127. The maximum atomic E-state index is 13.0. The van der Waals surface area contributed by atoms with Gasteiger partial charge in [0, 0.05) is 52.0 Å². The number of guanidine groups is 1. The maximum absolute atomic E-state index is 13.0. The molecule has 1 N–H and O–H groups in total. The summed E-state index contributed by atoms with van der Waals surface area (Å²) in [5.41, 5.74) is 1.08. The summed E-state index contributed by atoms with van der Waals surface area (Å²) in [7, 11) is 0. The number of anilines is 1. The number of rotatable bonds is 5. The van der Waals surface area contributed by atoms with Crippen LogP contribution in [0, 0.1) is 0 Å². The van der Waals surface area contributed by atoms with Crippen LogP contribution in [0.5, 0.6) is 0 Å². The molecule has 1 atom stereocenters. The Kier molecular flexibility index (Phi) is 9.45. The third-order valence-electron chi connectivity index (χ3n) is 5.62. The fourth-order valence-corrected chi connectivity index (χ4v) is 3.80. The number of halogens is 4. The second kappa shape index (κ2) is 11.4. The van der Waals surface area contributed by atoms with Gasteiger partial charge >= 0.3 is 6.18 Å². The summed E-state index contributed by atoms with van der Waals surface area (Å²) >= 11 is 0. The third-order valence-corrected chi connectivity index (χ3v) is 5.62. The Morgan fingerprint density at radius 3 is 2.43 bits per heavy atom. The molecule has 0 saturated carbocycles. The molecule has 0 radical (unpaired) electrons. The van der Waals surface area contributed by atoms with Crippen molar-refractivity contribution in [1.82, 2.24) is 20.1 Å². The fraction of sp³-hybridized carbons (Fsp3) is 0.700. The second-order valence-corrected chi connectivity index (χ2v) is 7.63. The molecule has 2 aliphatic rings. The van der Waals surface area contributed by atoms with Gasteiger partial charge in [-0.1, -0.05) is 0 Å². The van der Waals surface area contributed by atoms with E-state index in [0.717, 1.165) is 30.4 Å². The zero-order chi connectivity index (χ0) is 20.9. The molecule has 30 heavy (non-hydrogen) atoms. The minimum absolute atomic E-state index is 0. The molecule has 2 fully saturated rings. The van der Waals surface area contributed by atoms with E-state index in [4.69, 9.17) is 4.99 Å². The number of nitrogens with zero attached hydrogens (tertiary/aromatic N) is 5. The van der Waals surface area contributed by atoms with Gasteiger partial charge in [-0.25, -0.2) is 9.98 Å². The van der Waals surface area contributed by atoms with E-state index in [1.807, 2.05) is 24.1 Å². The van der Waals surface area contributed by atoms with E-state index in [9.17, 15) is 13.2 Å². The summed E-state index contributed by atoms with van der Waals surface area (Å²) in [5, 5.41) is 3.28. The highest BCUT2D eigenvalue weighted by Gasteiger charge is 2.41. The first-order valence-corrected chi connectivity index (χ1v) is 10.4. The van der Waals surface area contributed by atoms with E-state index < -0.39 is 12.2 Å². The van der Waals surface area contributed by atoms with Crippen LogP contribution in [0.4, 0.5) is 19.0 Å². The topological polar surface area (TPSA) is 47.0 Å². The minimum Gasteiger partial charge on any atom is -0.357 e. The lowest BCUT2D eigenvalue weighted by Gasteiger charge is -2.39. The minimum atomic E-state index is -4.19. The largest absolute Gasteiger partial charge is 0.403 e. The van der Waals surface area contributed by atoms with Gasteiger partial charge in [0.25, 0.3) is 0 Å². The molecule has 2 aliphatic heterocycles. The molecule has 3 heterocycles. The van der Waals surface area contributed by atoms with Gasteiger partial charge < -0.3 is 15.1 Å². The Hall–Kier alpha value is -1.30. The van der Waals surface area contributed by atoms with Gasteiger partial charge in [0.15, 0.2) is 5.96 Å². The summed E-state index contributed by atoms with van der Waals surface area (Å²) in [4.78, 5) is 15.0. The first-order chi connectivity index (χ1) is 13.9. The number of hydrogen-bond donors (Lipinski definition) is 1. The Morgan fingerprint density at radius 1 is 1.17 bits per heavy atom. The van der Waals surface area contributed by atoms with Gasteiger partial charge in [0.2, 0.25) is 0 Å². The number of aliphatic imine (C=N–C) groups is 1. The van der Waals surface area contributed by atoms with Crippen LogP contribution in [-0.4, -0.2) is 78.8 Å². The average Bonchev–Trinajstić information content (AvgIpc) is 3.25. The Balaban J connectivity index is 0.00000320. The molecular weight excluding hydrogens is 508 g/mol. The van der Waals surface area contributed by atoms with Crippen LogP contribution in [0.1, 0.15) is 32.3 Å². The zero-order valence-corrected chi connectivity index (χ0v) is 20.0. The van der Waals surface area contributed by atoms with Crippen molar-refractivity contribution in [3.8, 4) is 0 Å². The lowest BCUT2D eigenvalue weighted by molar-refractivity contribution is -0.181. The lowest BCUT2D eigenvalue weighted by Crippen LogP contribution is -2.56. The van der Waals surface area contributed by atoms with Crippen LogP contribution in [0.15, 0.2) is 23.3 Å². The van der Waals surface area contributed by atoms with Crippen molar-refractivity contribution in [3.63, 3.8) is 0 Å². The summed E-state index contributed by atoms with van der Waals surface area (Å²) in [5.74, 6) is 1.75. The number of nitrogens with one attached hydrogen (secondary N) is 1. The Bertz CT molecular complexity index is 685. The van der Waals surface area contributed by atoms with Gasteiger partial charge in [-0.3, -0.25) is 4.90 Å². The number of hydrogen-bond acceptors (Lipinski definition) is 4. The van der Waals surface area contributed by atoms with Gasteiger partial charge in [0.05, 0.1) is 6.54 Å². The summed E-state index contributed by atoms with van der Waals surface area (Å²) in [6, 6.07) is 2.64. The summed E-state index contributed by atoms with van der Waals surface area (Å²) in [6.07, 6.45) is 0.0407. The van der Waals surface area contributed by atoms with Gasteiger partial charge in [-0.05, 0) is 44.4 Å². The van der Waals surface area contributed by atoms with Crippen LogP contribution in [-0.2, 0) is 6.54 Å². The van der Waals surface area contributed by atoms with Crippen molar-refractivity contribution in [2.24, 2.45) is 4.99 Å². The van der Waals surface area contributed by atoms with E-state index in [2.05, 4.69) is 21.3 Å². The summed E-state index contributed by atoms with van der Waals surface area (Å²) < 4.78 is 38.9. The highest BCUT2D eigenvalue weighted by Crippen LogP contribution is 2.25. The molecular formula is C20H32F3IN6. The molecule has 170 valence electrons. The molecule has 1 unspecified atom stereocenters. The van der Waals surface area contributed by atoms with E-state index in [0.29, 0.717) is 39.3 Å². The number of piperazine rings is 1. The molecule has 0 bridgehead atoms. The molecule has 10 heteroatoms. The van der Waals surface area contributed by atoms with Crippen molar-refractivity contribution in [3.05, 3.63) is 23.9 Å². The molecule has 1 aromatic heterocycles. The van der Waals surface area contributed by atoms with E-state index in [1.54, 1.807) is 0 Å². The maximum Gasteiger partial charge on any atom is 0.403 e. The van der Waals surface area contributed by atoms with Gasteiger partial charge in [-0.2, -0.15) is 13.2 Å². The quantitative estimate of drug-likeness (QED) is 0.353. The number of alkyl halides is 3. The van der Waals surface area contributed by atoms with E-state index >= 15 is 0 Å². The standard InChI is InChI=1S/C20H31F3N6.HI/c1-3-24-19(29-12-10-27(11-13-29)16(2)20(21,22)23)26-15-17-6-7-25-18(14-17)28-8-4-5-9-28;/h6-7,14,16H,3-5,8-13,15H2,1-2H3,(H,24,26);1H. The first kappa shape index (κ1) is 25.0. The molecule has 3 rings (SSSR count). The molecule has 0 aromatic carbocycles. The van der Waals surface area contributed by atoms with Gasteiger partial charge in [0.1, 0.15) is 11.9 Å². The molecule has 2 saturated heterocycles. The van der Waals surface area contributed by atoms with Crippen molar-refractivity contribution in [2.75, 3.05) is 50.7 Å². The molecule has 0 amide bonds. The Labute approximate surface area is 193 Å². The second-order valence-electron chi connectivity index (χ2n) is 7.63. The predicted octanol–water partition coefficient (Wildman–Crippen LogP) is 3.33. The van der Waals surface area contributed by atoms with Crippen LogP contribution >= 0.6 is 24.0 Å². The highest BCUT2D eigenvalue weighted by molar-refractivity contribution is 14.0. The number of pyridine rings is 1. The normalized spacial score (nSPS) is 19.6. The van der Waals surface area contributed by atoms with Crippen LogP contribution in [0.25, 0.3) is 0 Å². The molecule has 0 aliphatic carbocycles. The van der Waals surface area contributed by atoms with Crippen molar-refractivity contribution >= 4 is 35.8 Å². The molecule has 0 spiro atoms. The van der Waals surface area contributed by atoms with Crippen molar-refractivity contribution in [2.45, 2.75) is 45.5 Å². The van der Waals surface area contributed by atoms with E-state index in [-0.39, 0.29) is 24.0 Å². The lowest BCUT2D eigenvalue weighted by atomic mass is 10.2. The van der Waals surface area contributed by atoms with Crippen molar-refractivity contribution < 1.29 is 13.2 Å². The van der Waals surface area contributed by atoms with Crippen LogP contribution in [0.2, 0.25) is 0 Å².